The highest BCUT2D eigenvalue weighted by molar-refractivity contribution is 5.90. The summed E-state index contributed by atoms with van der Waals surface area (Å²) >= 11 is 0. The van der Waals surface area contributed by atoms with E-state index in [0.29, 0.717) is 17.9 Å². The number of carbonyl (C=O) groups is 1. The second-order valence-electron chi connectivity index (χ2n) is 6.67. The van der Waals surface area contributed by atoms with Crippen LogP contribution in [0, 0.1) is 17.0 Å². The lowest BCUT2D eigenvalue weighted by Crippen LogP contribution is -2.20. The molecule has 2 aromatic carbocycles. The minimum absolute atomic E-state index is 0.117. The topological polar surface area (TPSA) is 108 Å². The summed E-state index contributed by atoms with van der Waals surface area (Å²) in [5.74, 6) is -0.617. The molecule has 2 aromatic heterocycles. The van der Waals surface area contributed by atoms with Crippen molar-refractivity contribution in [1.82, 2.24) is 19.6 Å². The molecule has 0 aliphatic heterocycles. The third-order valence-corrected chi connectivity index (χ3v) is 4.58. The van der Waals surface area contributed by atoms with E-state index in [1.807, 2.05) is 18.2 Å². The summed E-state index contributed by atoms with van der Waals surface area (Å²) in [6, 6.07) is 15.6. The molecular weight excluding hydrogens is 372 g/mol. The number of fused-ring (bicyclic) bond motifs is 1. The van der Waals surface area contributed by atoms with Crippen LogP contribution in [-0.2, 0) is 17.9 Å². The standard InChI is InChI=1S/C20H18N6O3/c1-14-9-19(26(28)29)23-25(14)13-20(27)22-17-10-21-24(12-17)11-16-7-4-6-15-5-2-3-8-18(15)16/h2-10,12H,11,13H2,1H3,(H,22,27). The van der Waals surface area contributed by atoms with E-state index in [1.54, 1.807) is 24.0 Å². The van der Waals surface area contributed by atoms with Crippen molar-refractivity contribution < 1.29 is 9.72 Å². The zero-order valence-electron chi connectivity index (χ0n) is 15.6. The number of carbonyl (C=O) groups excluding carboxylic acids is 1. The Morgan fingerprint density at radius 3 is 2.79 bits per heavy atom. The minimum Gasteiger partial charge on any atom is -0.358 e. The zero-order chi connectivity index (χ0) is 20.4. The quantitative estimate of drug-likeness (QED) is 0.402. The van der Waals surface area contributed by atoms with Gasteiger partial charge in [0.05, 0.1) is 35.3 Å². The van der Waals surface area contributed by atoms with Gasteiger partial charge in [-0.15, -0.1) is 0 Å². The summed E-state index contributed by atoms with van der Waals surface area (Å²) in [7, 11) is 0. The number of benzene rings is 2. The lowest BCUT2D eigenvalue weighted by molar-refractivity contribution is -0.389. The van der Waals surface area contributed by atoms with Crippen LogP contribution in [0.3, 0.4) is 0 Å². The maximum absolute atomic E-state index is 12.3. The molecule has 0 radical (unpaired) electrons. The molecule has 146 valence electrons. The van der Waals surface area contributed by atoms with Crippen molar-refractivity contribution in [3.05, 3.63) is 82.3 Å². The van der Waals surface area contributed by atoms with Gasteiger partial charge < -0.3 is 15.4 Å². The van der Waals surface area contributed by atoms with Crippen LogP contribution in [0.25, 0.3) is 10.8 Å². The van der Waals surface area contributed by atoms with Gasteiger partial charge in [-0.3, -0.25) is 9.48 Å². The van der Waals surface area contributed by atoms with Gasteiger partial charge in [0.2, 0.25) is 5.91 Å². The van der Waals surface area contributed by atoms with E-state index in [1.165, 1.54) is 10.7 Å². The van der Waals surface area contributed by atoms with Crippen LogP contribution < -0.4 is 5.32 Å². The van der Waals surface area contributed by atoms with E-state index < -0.39 is 4.92 Å². The largest absolute Gasteiger partial charge is 0.390 e. The van der Waals surface area contributed by atoms with Crippen molar-refractivity contribution in [1.29, 1.82) is 0 Å². The lowest BCUT2D eigenvalue weighted by Gasteiger charge is -2.06. The third-order valence-electron chi connectivity index (χ3n) is 4.58. The molecule has 0 fully saturated rings. The Bertz CT molecular complexity index is 1200. The fourth-order valence-corrected chi connectivity index (χ4v) is 3.20. The van der Waals surface area contributed by atoms with Crippen LogP contribution in [0.4, 0.5) is 11.5 Å². The SMILES string of the molecule is Cc1cc([N+](=O)[O-])nn1CC(=O)Nc1cnn(Cc2cccc3ccccc23)c1. The summed E-state index contributed by atoms with van der Waals surface area (Å²) < 4.78 is 3.05. The molecule has 0 saturated heterocycles. The predicted octanol–water partition coefficient (Wildman–Crippen LogP) is 3.14. The van der Waals surface area contributed by atoms with E-state index in [2.05, 4.69) is 39.8 Å². The molecule has 0 bridgehead atoms. The smallest absolute Gasteiger partial charge is 0.358 e. The van der Waals surface area contributed by atoms with Crippen molar-refractivity contribution in [2.45, 2.75) is 20.0 Å². The highest BCUT2D eigenvalue weighted by atomic mass is 16.6. The van der Waals surface area contributed by atoms with Crippen LogP contribution in [-0.4, -0.2) is 30.4 Å². The van der Waals surface area contributed by atoms with Crippen LogP contribution >= 0.6 is 0 Å². The Balaban J connectivity index is 1.44. The first-order chi connectivity index (χ1) is 14.0. The highest BCUT2D eigenvalue weighted by Crippen LogP contribution is 2.20. The normalized spacial score (nSPS) is 10.9. The summed E-state index contributed by atoms with van der Waals surface area (Å²) in [6.07, 6.45) is 3.32. The Morgan fingerprint density at radius 1 is 1.21 bits per heavy atom. The first-order valence-electron chi connectivity index (χ1n) is 8.97. The van der Waals surface area contributed by atoms with Crippen molar-refractivity contribution in [2.75, 3.05) is 5.32 Å². The Labute approximate surface area is 165 Å². The fraction of sp³-hybridized carbons (Fsp3) is 0.150. The lowest BCUT2D eigenvalue weighted by atomic mass is 10.0. The highest BCUT2D eigenvalue weighted by Gasteiger charge is 2.17. The number of hydrogen-bond acceptors (Lipinski definition) is 5. The molecule has 9 nitrogen and oxygen atoms in total. The molecule has 4 rings (SSSR count). The van der Waals surface area contributed by atoms with E-state index in [9.17, 15) is 14.9 Å². The van der Waals surface area contributed by atoms with Gasteiger partial charge in [0, 0.05) is 6.20 Å². The molecule has 1 N–H and O–H groups in total. The monoisotopic (exact) mass is 390 g/mol. The van der Waals surface area contributed by atoms with Crippen LogP contribution in [0.15, 0.2) is 60.9 Å². The second-order valence-corrected chi connectivity index (χ2v) is 6.67. The number of hydrogen-bond donors (Lipinski definition) is 1. The molecule has 0 atom stereocenters. The number of nitrogens with zero attached hydrogens (tertiary/aromatic N) is 5. The van der Waals surface area contributed by atoms with Crippen LogP contribution in [0.1, 0.15) is 11.3 Å². The number of anilines is 1. The van der Waals surface area contributed by atoms with Gasteiger partial charge in [-0.25, -0.2) is 0 Å². The average molecular weight is 390 g/mol. The second kappa shape index (κ2) is 7.55. The molecule has 0 unspecified atom stereocenters. The third kappa shape index (κ3) is 3.98. The molecule has 2 heterocycles. The fourth-order valence-electron chi connectivity index (χ4n) is 3.20. The van der Waals surface area contributed by atoms with E-state index in [0.717, 1.165) is 16.3 Å². The molecule has 29 heavy (non-hydrogen) atoms. The Kier molecular flexibility index (Phi) is 4.78. The van der Waals surface area contributed by atoms with E-state index in [-0.39, 0.29) is 18.3 Å². The summed E-state index contributed by atoms with van der Waals surface area (Å²) in [5.41, 5.74) is 2.22. The van der Waals surface area contributed by atoms with Gasteiger partial charge >= 0.3 is 5.82 Å². The molecule has 0 saturated carbocycles. The minimum atomic E-state index is -0.585. The number of aromatic nitrogens is 4. The van der Waals surface area contributed by atoms with Crippen LogP contribution in [0.5, 0.6) is 0 Å². The number of aryl methyl sites for hydroxylation is 1. The molecule has 0 spiro atoms. The molecular formula is C20H18N6O3. The predicted molar refractivity (Wildman–Crippen MR) is 108 cm³/mol. The summed E-state index contributed by atoms with van der Waals surface area (Å²) in [6.45, 7) is 2.12. The first-order valence-corrected chi connectivity index (χ1v) is 8.97. The molecule has 4 aromatic rings. The van der Waals surface area contributed by atoms with Crippen molar-refractivity contribution in [3.63, 3.8) is 0 Å². The molecule has 9 heteroatoms. The number of nitrogens with one attached hydrogen (secondary N) is 1. The number of rotatable bonds is 6. The maximum atomic E-state index is 12.3. The summed E-state index contributed by atoms with van der Waals surface area (Å²) in [5, 5.41) is 24.0. The van der Waals surface area contributed by atoms with Gasteiger partial charge in [-0.2, -0.15) is 9.78 Å². The van der Waals surface area contributed by atoms with Crippen molar-refractivity contribution >= 4 is 28.2 Å². The van der Waals surface area contributed by atoms with Gasteiger partial charge in [-0.1, -0.05) is 42.5 Å². The molecule has 1 amide bonds. The van der Waals surface area contributed by atoms with E-state index in [4.69, 9.17) is 0 Å². The molecule has 0 aliphatic carbocycles. The van der Waals surface area contributed by atoms with Crippen LogP contribution in [0.2, 0.25) is 0 Å². The number of nitro groups is 1. The van der Waals surface area contributed by atoms with Gasteiger partial charge in [-0.05, 0) is 28.2 Å². The van der Waals surface area contributed by atoms with Crippen molar-refractivity contribution in [2.24, 2.45) is 0 Å². The van der Waals surface area contributed by atoms with Crippen molar-refractivity contribution in [3.8, 4) is 0 Å². The molecule has 0 aliphatic rings. The maximum Gasteiger partial charge on any atom is 0.390 e. The Hall–Kier alpha value is -4.01. The average Bonchev–Trinajstić information content (AvgIpc) is 3.29. The zero-order valence-corrected chi connectivity index (χ0v) is 15.6. The van der Waals surface area contributed by atoms with Gasteiger partial charge in [0.15, 0.2) is 0 Å². The first kappa shape index (κ1) is 18.4. The van der Waals surface area contributed by atoms with Gasteiger partial charge in [0.1, 0.15) is 6.54 Å². The van der Waals surface area contributed by atoms with Gasteiger partial charge in [0.25, 0.3) is 0 Å². The summed E-state index contributed by atoms with van der Waals surface area (Å²) in [4.78, 5) is 22.5. The number of amides is 1. The van der Waals surface area contributed by atoms with E-state index >= 15 is 0 Å². The Morgan fingerprint density at radius 2 is 2.00 bits per heavy atom.